The Hall–Kier alpha value is -1.74. The Morgan fingerprint density at radius 2 is 1.96 bits per heavy atom. The molecular formula is C18H27N3O4S. The average molecular weight is 381 g/mol. The number of sulfonamides is 1. The van der Waals surface area contributed by atoms with Crippen LogP contribution < -0.4 is 4.72 Å². The summed E-state index contributed by atoms with van der Waals surface area (Å²) in [4.78, 5) is 7.30. The van der Waals surface area contributed by atoms with E-state index in [9.17, 15) is 8.42 Å². The average Bonchev–Trinajstić information content (AvgIpc) is 3.10. The number of hydrogen-bond donors (Lipinski definition) is 2. The summed E-state index contributed by atoms with van der Waals surface area (Å²) in [5.41, 5.74) is 4.72. The van der Waals surface area contributed by atoms with Gasteiger partial charge in [-0.3, -0.25) is 0 Å². The van der Waals surface area contributed by atoms with E-state index in [4.69, 9.17) is 9.47 Å². The zero-order valence-electron chi connectivity index (χ0n) is 15.5. The van der Waals surface area contributed by atoms with Gasteiger partial charge in [0.25, 0.3) is 0 Å². The smallest absolute Gasteiger partial charge is 0.208 e. The molecular weight excluding hydrogens is 354 g/mol. The Morgan fingerprint density at radius 1 is 1.19 bits per heavy atom. The lowest BCUT2D eigenvalue weighted by Gasteiger charge is -2.19. The van der Waals surface area contributed by atoms with Gasteiger partial charge in [0.15, 0.2) is 0 Å². The van der Waals surface area contributed by atoms with Gasteiger partial charge in [-0.1, -0.05) is 18.2 Å². The number of nitrogens with one attached hydrogen (secondary N) is 2. The first-order valence-corrected chi connectivity index (χ1v) is 10.4. The zero-order valence-corrected chi connectivity index (χ0v) is 16.3. The molecule has 1 heterocycles. The number of ether oxygens (including phenoxy) is 2. The first kappa shape index (κ1) is 20.6. The van der Waals surface area contributed by atoms with E-state index >= 15 is 0 Å². The summed E-state index contributed by atoms with van der Waals surface area (Å²) < 4.78 is 35.4. The van der Waals surface area contributed by atoms with Crippen LogP contribution in [0.2, 0.25) is 0 Å². The summed E-state index contributed by atoms with van der Waals surface area (Å²) in [6.07, 6.45) is 4.62. The van der Waals surface area contributed by atoms with Crippen LogP contribution in [0.5, 0.6) is 0 Å². The third-order valence-corrected chi connectivity index (χ3v) is 4.91. The number of rotatable bonds is 11. The molecule has 0 bridgehead atoms. The molecule has 1 aromatic carbocycles. The minimum atomic E-state index is -3.17. The molecule has 8 heteroatoms. The van der Waals surface area contributed by atoms with Crippen LogP contribution in [0.3, 0.4) is 0 Å². The Bertz CT molecular complexity index is 776. The van der Waals surface area contributed by atoms with Crippen molar-refractivity contribution in [1.29, 1.82) is 0 Å². The molecule has 0 spiro atoms. The maximum absolute atomic E-state index is 10.9. The van der Waals surface area contributed by atoms with Gasteiger partial charge >= 0.3 is 0 Å². The predicted octanol–water partition coefficient (Wildman–Crippen LogP) is 1.74. The van der Waals surface area contributed by atoms with Crippen LogP contribution in [-0.4, -0.2) is 57.6 Å². The summed E-state index contributed by atoms with van der Waals surface area (Å²) in [6, 6.07) is 6.27. The maximum atomic E-state index is 10.9. The number of imidazole rings is 1. The number of H-pyrrole nitrogens is 1. The molecule has 0 aliphatic heterocycles. The molecule has 0 fully saturated rings. The number of aromatic amines is 1. The van der Waals surface area contributed by atoms with Gasteiger partial charge in [0, 0.05) is 24.4 Å². The summed E-state index contributed by atoms with van der Waals surface area (Å²) in [6.45, 7) is 6.16. The monoisotopic (exact) mass is 381 g/mol. The highest BCUT2D eigenvalue weighted by molar-refractivity contribution is 7.88. The lowest BCUT2D eigenvalue weighted by atomic mass is 9.91. The Kier molecular flexibility index (Phi) is 7.77. The molecule has 0 radical (unpaired) electrons. The van der Waals surface area contributed by atoms with Gasteiger partial charge in [-0.2, -0.15) is 0 Å². The van der Waals surface area contributed by atoms with Gasteiger partial charge in [-0.25, -0.2) is 18.1 Å². The lowest BCUT2D eigenvalue weighted by Crippen LogP contribution is -2.26. The fraction of sp³-hybridized carbons (Fsp3) is 0.500. The molecule has 1 unspecified atom stereocenters. The third-order valence-electron chi connectivity index (χ3n) is 4.18. The van der Waals surface area contributed by atoms with Crippen molar-refractivity contribution >= 4 is 10.0 Å². The van der Waals surface area contributed by atoms with Crippen LogP contribution in [0.4, 0.5) is 0 Å². The van der Waals surface area contributed by atoms with Crippen LogP contribution in [0.1, 0.15) is 28.3 Å². The number of hydrogen-bond acceptors (Lipinski definition) is 5. The van der Waals surface area contributed by atoms with Gasteiger partial charge in [-0.15, -0.1) is 0 Å². The Balaban J connectivity index is 1.83. The van der Waals surface area contributed by atoms with E-state index in [0.29, 0.717) is 26.4 Å². The van der Waals surface area contributed by atoms with E-state index in [-0.39, 0.29) is 12.5 Å². The van der Waals surface area contributed by atoms with E-state index in [1.807, 2.05) is 6.20 Å². The van der Waals surface area contributed by atoms with Crippen molar-refractivity contribution in [1.82, 2.24) is 14.7 Å². The summed E-state index contributed by atoms with van der Waals surface area (Å²) in [7, 11) is -3.17. The molecule has 2 aromatic rings. The highest BCUT2D eigenvalue weighted by Gasteiger charge is 2.18. The molecule has 7 nitrogen and oxygen atoms in total. The molecule has 2 N–H and O–H groups in total. The summed E-state index contributed by atoms with van der Waals surface area (Å²) in [5, 5.41) is 0. The van der Waals surface area contributed by atoms with Crippen molar-refractivity contribution in [2.45, 2.75) is 19.8 Å². The van der Waals surface area contributed by atoms with E-state index < -0.39 is 10.0 Å². The van der Waals surface area contributed by atoms with Crippen LogP contribution in [0, 0.1) is 13.8 Å². The van der Waals surface area contributed by atoms with Gasteiger partial charge < -0.3 is 14.5 Å². The van der Waals surface area contributed by atoms with Gasteiger partial charge in [0.2, 0.25) is 10.0 Å². The maximum Gasteiger partial charge on any atom is 0.208 e. The fourth-order valence-corrected chi connectivity index (χ4v) is 3.13. The van der Waals surface area contributed by atoms with Crippen LogP contribution in [0.25, 0.3) is 0 Å². The Morgan fingerprint density at radius 3 is 2.65 bits per heavy atom. The fourth-order valence-electron chi connectivity index (χ4n) is 2.68. The van der Waals surface area contributed by atoms with Gasteiger partial charge in [0.1, 0.15) is 0 Å². The van der Waals surface area contributed by atoms with Gasteiger partial charge in [-0.05, 0) is 30.5 Å². The first-order chi connectivity index (χ1) is 12.4. The topological polar surface area (TPSA) is 93.3 Å². The standard InChI is InChI=1S/C18H27N3O4S/c1-14-5-4-6-16(15(14)2)17(18-11-19-13-20-18)12-25-10-9-24-8-7-21-26(3,22)23/h4-6,11,13,17,21H,7-10,12H2,1-3H3,(H,19,20). The van der Waals surface area contributed by atoms with Crippen LogP contribution >= 0.6 is 0 Å². The molecule has 0 aliphatic rings. The summed E-state index contributed by atoms with van der Waals surface area (Å²) >= 11 is 0. The minimum absolute atomic E-state index is 0.0734. The molecule has 1 atom stereocenters. The molecule has 1 aromatic heterocycles. The first-order valence-electron chi connectivity index (χ1n) is 8.53. The van der Waals surface area contributed by atoms with Gasteiger partial charge in [0.05, 0.1) is 39.0 Å². The number of aryl methyl sites for hydroxylation is 1. The van der Waals surface area contributed by atoms with Crippen molar-refractivity contribution in [2.24, 2.45) is 0 Å². The minimum Gasteiger partial charge on any atom is -0.378 e. The van der Waals surface area contributed by atoms with Crippen molar-refractivity contribution in [3.8, 4) is 0 Å². The summed E-state index contributed by atoms with van der Waals surface area (Å²) in [5.74, 6) is 0.0734. The lowest BCUT2D eigenvalue weighted by molar-refractivity contribution is 0.0469. The van der Waals surface area contributed by atoms with E-state index in [1.165, 1.54) is 16.7 Å². The second kappa shape index (κ2) is 9.82. The zero-order chi connectivity index (χ0) is 19.0. The second-order valence-electron chi connectivity index (χ2n) is 6.20. The molecule has 0 saturated carbocycles. The van der Waals surface area contributed by atoms with Crippen molar-refractivity contribution in [3.05, 3.63) is 53.1 Å². The second-order valence-corrected chi connectivity index (χ2v) is 8.04. The molecule has 26 heavy (non-hydrogen) atoms. The number of aromatic nitrogens is 2. The van der Waals surface area contributed by atoms with E-state index in [0.717, 1.165) is 11.9 Å². The van der Waals surface area contributed by atoms with E-state index in [1.54, 1.807) is 6.33 Å². The third kappa shape index (κ3) is 6.53. The normalized spacial score (nSPS) is 13.0. The van der Waals surface area contributed by atoms with Crippen LogP contribution in [0.15, 0.2) is 30.7 Å². The number of benzene rings is 1. The van der Waals surface area contributed by atoms with E-state index in [2.05, 4.69) is 46.7 Å². The quantitative estimate of drug-likeness (QED) is 0.578. The Labute approximate surface area is 155 Å². The van der Waals surface area contributed by atoms with Crippen LogP contribution in [-0.2, 0) is 19.5 Å². The predicted molar refractivity (Wildman–Crippen MR) is 101 cm³/mol. The molecule has 0 saturated heterocycles. The van der Waals surface area contributed by atoms with Crippen molar-refractivity contribution in [3.63, 3.8) is 0 Å². The molecule has 0 amide bonds. The SMILES string of the molecule is Cc1cccc(C(COCCOCCNS(C)(=O)=O)c2cnc[nH]2)c1C. The number of nitrogens with zero attached hydrogens (tertiary/aromatic N) is 1. The van der Waals surface area contributed by atoms with Crippen molar-refractivity contribution in [2.75, 3.05) is 39.2 Å². The molecule has 0 aliphatic carbocycles. The van der Waals surface area contributed by atoms with Crippen molar-refractivity contribution < 1.29 is 17.9 Å². The molecule has 2 rings (SSSR count). The highest BCUT2D eigenvalue weighted by atomic mass is 32.2. The highest BCUT2D eigenvalue weighted by Crippen LogP contribution is 2.27. The molecule has 144 valence electrons. The largest absolute Gasteiger partial charge is 0.378 e.